The Bertz CT molecular complexity index is 227. The van der Waals surface area contributed by atoms with Gasteiger partial charge in [-0.15, -0.1) is 0 Å². The van der Waals surface area contributed by atoms with Gasteiger partial charge in [0.2, 0.25) is 0 Å². The fourth-order valence-corrected chi connectivity index (χ4v) is 3.69. The van der Waals surface area contributed by atoms with Crippen LogP contribution in [-0.2, 0) is 0 Å². The highest BCUT2D eigenvalue weighted by Crippen LogP contribution is 2.26. The minimum absolute atomic E-state index is 0.850. The second-order valence-electron chi connectivity index (χ2n) is 7.14. The molecule has 1 aliphatic heterocycles. The van der Waals surface area contributed by atoms with Crippen LogP contribution in [0.2, 0.25) is 0 Å². The van der Waals surface area contributed by atoms with E-state index in [4.69, 9.17) is 0 Å². The van der Waals surface area contributed by atoms with Crippen molar-refractivity contribution in [3.05, 3.63) is 0 Å². The quantitative estimate of drug-likeness (QED) is 0.756. The standard InChI is InChI=1S/C17H34N2/c1-15(2)9-13-19(17-5-3-4-6-17)14-10-16-7-11-18-12-8-16/h15-18H,3-14H2,1-2H3. The Balaban J connectivity index is 1.74. The van der Waals surface area contributed by atoms with Gasteiger partial charge >= 0.3 is 0 Å². The van der Waals surface area contributed by atoms with Crippen molar-refractivity contribution in [2.75, 3.05) is 26.2 Å². The molecule has 0 unspecified atom stereocenters. The normalized spacial score (nSPS) is 22.7. The largest absolute Gasteiger partial charge is 0.317 e. The van der Waals surface area contributed by atoms with E-state index < -0.39 is 0 Å². The number of hydrogen-bond acceptors (Lipinski definition) is 2. The molecule has 2 nitrogen and oxygen atoms in total. The molecule has 2 aliphatic rings. The third-order valence-corrected chi connectivity index (χ3v) is 5.12. The van der Waals surface area contributed by atoms with E-state index in [0.29, 0.717) is 0 Å². The number of rotatable bonds is 7. The first-order chi connectivity index (χ1) is 9.25. The topological polar surface area (TPSA) is 15.3 Å². The van der Waals surface area contributed by atoms with E-state index in [2.05, 4.69) is 24.1 Å². The summed E-state index contributed by atoms with van der Waals surface area (Å²) >= 11 is 0. The van der Waals surface area contributed by atoms with Crippen LogP contribution in [-0.4, -0.2) is 37.1 Å². The summed E-state index contributed by atoms with van der Waals surface area (Å²) in [7, 11) is 0. The van der Waals surface area contributed by atoms with E-state index >= 15 is 0 Å². The average Bonchev–Trinajstić information content (AvgIpc) is 2.93. The third kappa shape index (κ3) is 5.43. The number of nitrogens with one attached hydrogen (secondary N) is 1. The van der Waals surface area contributed by atoms with Crippen LogP contribution in [0.15, 0.2) is 0 Å². The summed E-state index contributed by atoms with van der Waals surface area (Å²) in [4.78, 5) is 2.84. The molecule has 0 aromatic heterocycles. The summed E-state index contributed by atoms with van der Waals surface area (Å²) in [5, 5.41) is 3.48. The first-order valence-corrected chi connectivity index (χ1v) is 8.70. The fourth-order valence-electron chi connectivity index (χ4n) is 3.69. The van der Waals surface area contributed by atoms with E-state index in [9.17, 15) is 0 Å². The van der Waals surface area contributed by atoms with Gasteiger partial charge < -0.3 is 10.2 Å². The zero-order valence-corrected chi connectivity index (χ0v) is 13.2. The molecule has 0 aromatic rings. The van der Waals surface area contributed by atoms with Gasteiger partial charge in [-0.25, -0.2) is 0 Å². The summed E-state index contributed by atoms with van der Waals surface area (Å²) in [5.41, 5.74) is 0. The lowest BCUT2D eigenvalue weighted by Crippen LogP contribution is -2.37. The van der Waals surface area contributed by atoms with Gasteiger partial charge in [-0.1, -0.05) is 26.7 Å². The molecule has 2 fully saturated rings. The molecular weight excluding hydrogens is 232 g/mol. The van der Waals surface area contributed by atoms with E-state index in [-0.39, 0.29) is 0 Å². The van der Waals surface area contributed by atoms with Crippen molar-refractivity contribution >= 4 is 0 Å². The number of hydrogen-bond donors (Lipinski definition) is 1. The Morgan fingerprint density at radius 1 is 1.00 bits per heavy atom. The summed E-state index contributed by atoms with van der Waals surface area (Å²) in [6.45, 7) is 9.93. The van der Waals surface area contributed by atoms with Crippen LogP contribution in [0.1, 0.15) is 65.2 Å². The summed E-state index contributed by atoms with van der Waals surface area (Å²) in [6, 6.07) is 0.917. The minimum atomic E-state index is 0.850. The van der Waals surface area contributed by atoms with E-state index in [1.807, 2.05) is 0 Å². The van der Waals surface area contributed by atoms with Crippen molar-refractivity contribution < 1.29 is 0 Å². The van der Waals surface area contributed by atoms with Crippen LogP contribution in [0.5, 0.6) is 0 Å². The van der Waals surface area contributed by atoms with Gasteiger partial charge in [0.05, 0.1) is 0 Å². The van der Waals surface area contributed by atoms with Gasteiger partial charge in [0, 0.05) is 6.04 Å². The molecular formula is C17H34N2. The Morgan fingerprint density at radius 2 is 1.68 bits per heavy atom. The number of piperidine rings is 1. The second kappa shape index (κ2) is 8.26. The molecule has 0 radical (unpaired) electrons. The highest BCUT2D eigenvalue weighted by Gasteiger charge is 2.23. The SMILES string of the molecule is CC(C)CCN(CCC1CCNCC1)C1CCCC1. The molecule has 0 atom stereocenters. The van der Waals surface area contributed by atoms with Crippen molar-refractivity contribution in [2.24, 2.45) is 11.8 Å². The predicted octanol–water partition coefficient (Wildman–Crippen LogP) is 3.67. The van der Waals surface area contributed by atoms with Crippen LogP contribution in [0, 0.1) is 11.8 Å². The average molecular weight is 266 g/mol. The smallest absolute Gasteiger partial charge is 0.00952 e. The Labute approximate surface area is 120 Å². The third-order valence-electron chi connectivity index (χ3n) is 5.12. The molecule has 2 rings (SSSR count). The molecule has 0 aromatic carbocycles. The molecule has 0 spiro atoms. The van der Waals surface area contributed by atoms with Crippen molar-refractivity contribution in [3.63, 3.8) is 0 Å². The summed E-state index contributed by atoms with van der Waals surface area (Å²) in [6.07, 6.45) is 11.5. The van der Waals surface area contributed by atoms with Crippen molar-refractivity contribution in [1.82, 2.24) is 10.2 Å². The predicted molar refractivity (Wildman–Crippen MR) is 83.5 cm³/mol. The molecule has 1 saturated carbocycles. The highest BCUT2D eigenvalue weighted by molar-refractivity contribution is 4.79. The van der Waals surface area contributed by atoms with Crippen LogP contribution in [0.3, 0.4) is 0 Å². The molecule has 0 bridgehead atoms. The van der Waals surface area contributed by atoms with Gasteiger partial charge in [-0.2, -0.15) is 0 Å². The number of nitrogens with zero attached hydrogens (tertiary/aromatic N) is 1. The maximum atomic E-state index is 3.48. The Morgan fingerprint density at radius 3 is 2.32 bits per heavy atom. The highest BCUT2D eigenvalue weighted by atomic mass is 15.2. The summed E-state index contributed by atoms with van der Waals surface area (Å²) in [5.74, 6) is 1.84. The van der Waals surface area contributed by atoms with Crippen molar-refractivity contribution in [3.8, 4) is 0 Å². The van der Waals surface area contributed by atoms with E-state index in [1.54, 1.807) is 0 Å². The minimum Gasteiger partial charge on any atom is -0.317 e. The van der Waals surface area contributed by atoms with Crippen molar-refractivity contribution in [1.29, 1.82) is 0 Å². The lowest BCUT2D eigenvalue weighted by molar-refractivity contribution is 0.169. The molecule has 1 N–H and O–H groups in total. The maximum Gasteiger partial charge on any atom is 0.00952 e. The molecule has 1 saturated heterocycles. The van der Waals surface area contributed by atoms with Crippen molar-refractivity contribution in [2.45, 2.75) is 71.3 Å². The Kier molecular flexibility index (Phi) is 6.66. The molecule has 0 amide bonds. The van der Waals surface area contributed by atoms with Gasteiger partial charge in [0.1, 0.15) is 0 Å². The van der Waals surface area contributed by atoms with Gasteiger partial charge in [0.25, 0.3) is 0 Å². The zero-order valence-electron chi connectivity index (χ0n) is 13.2. The molecule has 2 heteroatoms. The van der Waals surface area contributed by atoms with Crippen LogP contribution in [0.25, 0.3) is 0 Å². The molecule has 112 valence electrons. The summed E-state index contributed by atoms with van der Waals surface area (Å²) < 4.78 is 0. The lowest BCUT2D eigenvalue weighted by Gasteiger charge is -2.32. The first kappa shape index (κ1) is 15.3. The molecule has 1 aliphatic carbocycles. The Hall–Kier alpha value is -0.0800. The van der Waals surface area contributed by atoms with E-state index in [1.165, 1.54) is 77.5 Å². The fraction of sp³-hybridized carbons (Fsp3) is 1.00. The van der Waals surface area contributed by atoms with Gasteiger partial charge in [0.15, 0.2) is 0 Å². The molecule has 19 heavy (non-hydrogen) atoms. The lowest BCUT2D eigenvalue weighted by atomic mass is 9.94. The maximum absolute atomic E-state index is 3.48. The zero-order chi connectivity index (χ0) is 13.5. The first-order valence-electron chi connectivity index (χ1n) is 8.70. The molecule has 1 heterocycles. The van der Waals surface area contributed by atoms with Crippen LogP contribution in [0.4, 0.5) is 0 Å². The van der Waals surface area contributed by atoms with E-state index in [0.717, 1.165) is 17.9 Å². The monoisotopic (exact) mass is 266 g/mol. The van der Waals surface area contributed by atoms with Crippen LogP contribution >= 0.6 is 0 Å². The second-order valence-corrected chi connectivity index (χ2v) is 7.14. The van der Waals surface area contributed by atoms with Crippen LogP contribution < -0.4 is 5.32 Å². The van der Waals surface area contributed by atoms with Gasteiger partial charge in [-0.3, -0.25) is 0 Å². The van der Waals surface area contributed by atoms with Gasteiger partial charge in [-0.05, 0) is 76.5 Å².